The fourth-order valence-electron chi connectivity index (χ4n) is 9.67. The molecule has 0 spiro atoms. The van der Waals surface area contributed by atoms with Crippen LogP contribution in [0.4, 0.5) is 0 Å². The second-order valence-electron chi connectivity index (χ2n) is 14.0. The molecule has 0 bridgehead atoms. The number of aliphatic hydroxyl groups excluding tert-OH is 1. The average Bonchev–Trinajstić information content (AvgIpc) is 2.97. The Kier molecular flexibility index (Phi) is 6.21. The molecule has 4 fully saturated rings. The van der Waals surface area contributed by atoms with Crippen molar-refractivity contribution < 1.29 is 10.2 Å². The van der Waals surface area contributed by atoms with Crippen LogP contribution in [-0.4, -0.2) is 21.9 Å². The third-order valence-electron chi connectivity index (χ3n) is 12.5. The molecule has 0 saturated heterocycles. The largest absolute Gasteiger partial charge is 0.393 e. The molecule has 2 N–H and O–H groups in total. The minimum Gasteiger partial charge on any atom is -0.393 e. The quantitative estimate of drug-likeness (QED) is 0.481. The molecular weight excluding hydrogens is 380 g/mol. The molecule has 31 heavy (non-hydrogen) atoms. The van der Waals surface area contributed by atoms with Crippen LogP contribution in [0.25, 0.3) is 0 Å². The summed E-state index contributed by atoms with van der Waals surface area (Å²) in [7, 11) is 0. The minimum atomic E-state index is -0.562. The Hall–Kier alpha value is -0.0800. The molecular formula is C29H52O2. The van der Waals surface area contributed by atoms with Crippen molar-refractivity contribution in [3.8, 4) is 0 Å². The van der Waals surface area contributed by atoms with E-state index in [9.17, 15) is 10.2 Å². The van der Waals surface area contributed by atoms with Crippen molar-refractivity contribution in [2.45, 2.75) is 131 Å². The molecule has 180 valence electrons. The summed E-state index contributed by atoms with van der Waals surface area (Å²) in [6.07, 6.45) is 14.1. The Balaban J connectivity index is 1.50. The number of rotatable bonds is 5. The second-order valence-corrected chi connectivity index (χ2v) is 14.0. The Labute approximate surface area is 193 Å². The third-order valence-corrected chi connectivity index (χ3v) is 12.5. The lowest BCUT2D eigenvalue weighted by atomic mass is 9.40. The van der Waals surface area contributed by atoms with E-state index in [4.69, 9.17) is 0 Å². The van der Waals surface area contributed by atoms with E-state index in [0.29, 0.717) is 22.2 Å². The molecule has 4 aliphatic rings. The van der Waals surface area contributed by atoms with Gasteiger partial charge < -0.3 is 10.2 Å². The Morgan fingerprint density at radius 3 is 2.19 bits per heavy atom. The van der Waals surface area contributed by atoms with Crippen LogP contribution in [0.15, 0.2) is 0 Å². The smallest absolute Gasteiger partial charge is 0.0617 e. The molecule has 4 aliphatic carbocycles. The van der Waals surface area contributed by atoms with E-state index in [1.807, 2.05) is 13.8 Å². The first-order chi connectivity index (χ1) is 14.3. The van der Waals surface area contributed by atoms with Gasteiger partial charge in [-0.25, -0.2) is 0 Å². The molecule has 4 rings (SSSR count). The maximum atomic E-state index is 10.4. The van der Waals surface area contributed by atoms with Gasteiger partial charge in [0.2, 0.25) is 0 Å². The van der Waals surface area contributed by atoms with E-state index in [-0.39, 0.29) is 6.10 Å². The monoisotopic (exact) mass is 432 g/mol. The minimum absolute atomic E-state index is 0.0398. The van der Waals surface area contributed by atoms with E-state index in [2.05, 4.69) is 34.6 Å². The highest BCUT2D eigenvalue weighted by Crippen LogP contribution is 2.73. The van der Waals surface area contributed by atoms with Crippen LogP contribution >= 0.6 is 0 Å². The summed E-state index contributed by atoms with van der Waals surface area (Å²) in [5.41, 5.74) is 0.871. The third kappa shape index (κ3) is 3.74. The number of hydrogen-bond acceptors (Lipinski definition) is 2. The number of aliphatic hydroxyl groups is 2. The highest BCUT2D eigenvalue weighted by Gasteiger charge is 2.65. The Morgan fingerprint density at radius 1 is 0.839 bits per heavy atom. The molecule has 2 heteroatoms. The molecule has 0 aromatic carbocycles. The fraction of sp³-hybridized carbons (Fsp3) is 1.00. The maximum Gasteiger partial charge on any atom is 0.0617 e. The van der Waals surface area contributed by atoms with Crippen molar-refractivity contribution in [1.82, 2.24) is 0 Å². The van der Waals surface area contributed by atoms with Gasteiger partial charge in [0.1, 0.15) is 0 Å². The van der Waals surface area contributed by atoms with Crippen LogP contribution in [0, 0.1) is 51.8 Å². The summed E-state index contributed by atoms with van der Waals surface area (Å²) < 4.78 is 0. The van der Waals surface area contributed by atoms with Crippen LogP contribution in [-0.2, 0) is 0 Å². The Morgan fingerprint density at radius 2 is 1.52 bits per heavy atom. The van der Waals surface area contributed by atoms with E-state index in [0.717, 1.165) is 48.9 Å². The summed E-state index contributed by atoms with van der Waals surface area (Å²) in [6.45, 7) is 16.7. The van der Waals surface area contributed by atoms with Gasteiger partial charge in [0.15, 0.2) is 0 Å². The lowest BCUT2D eigenvalue weighted by Crippen LogP contribution is -2.58. The van der Waals surface area contributed by atoms with Gasteiger partial charge in [0.05, 0.1) is 11.7 Å². The van der Waals surface area contributed by atoms with Gasteiger partial charge in [-0.15, -0.1) is 0 Å². The standard InChI is InChI=1S/C29H52O2/c1-19(8-9-20(2)26(3,4)31)23-13-16-29(7)25-11-10-21-18-22(30)12-15-27(21,5)24(25)14-17-28(23,29)6/h19-25,30-31H,8-18H2,1-7H3/t19-,20+,21?,22?,23-,24+,25-,27+,28-,29+/m1/s1. The summed E-state index contributed by atoms with van der Waals surface area (Å²) in [6, 6.07) is 0. The molecule has 0 amide bonds. The second kappa shape index (κ2) is 8.00. The normalized spacial score (nSPS) is 49.6. The number of hydrogen-bond donors (Lipinski definition) is 2. The van der Waals surface area contributed by atoms with E-state index in [1.54, 1.807) is 0 Å². The van der Waals surface area contributed by atoms with Gasteiger partial charge in [-0.2, -0.15) is 0 Å². The first kappa shape index (κ1) is 24.1. The molecule has 4 saturated carbocycles. The van der Waals surface area contributed by atoms with Crippen molar-refractivity contribution in [3.05, 3.63) is 0 Å². The predicted molar refractivity (Wildman–Crippen MR) is 130 cm³/mol. The summed E-state index contributed by atoms with van der Waals surface area (Å²) in [4.78, 5) is 0. The van der Waals surface area contributed by atoms with Gasteiger partial charge in [-0.3, -0.25) is 0 Å². The van der Waals surface area contributed by atoms with Gasteiger partial charge in [0, 0.05) is 0 Å². The molecule has 0 aliphatic heterocycles. The first-order valence-corrected chi connectivity index (χ1v) is 13.7. The zero-order chi connectivity index (χ0) is 22.8. The van der Waals surface area contributed by atoms with Gasteiger partial charge in [0.25, 0.3) is 0 Å². The predicted octanol–water partition coefficient (Wildman–Crippen LogP) is 7.22. The zero-order valence-electron chi connectivity index (χ0n) is 21.7. The van der Waals surface area contributed by atoms with E-state index >= 15 is 0 Å². The molecule has 0 aromatic rings. The summed E-state index contributed by atoms with van der Waals surface area (Å²) >= 11 is 0. The maximum absolute atomic E-state index is 10.4. The molecule has 2 unspecified atom stereocenters. The van der Waals surface area contributed by atoms with E-state index in [1.165, 1.54) is 51.4 Å². The lowest BCUT2D eigenvalue weighted by Gasteiger charge is -2.65. The topological polar surface area (TPSA) is 40.5 Å². The molecule has 0 heterocycles. The Bertz CT molecular complexity index is 652. The van der Waals surface area contributed by atoms with Gasteiger partial charge in [-0.05, 0) is 130 Å². The van der Waals surface area contributed by atoms with Crippen molar-refractivity contribution in [2.24, 2.45) is 51.8 Å². The van der Waals surface area contributed by atoms with Crippen molar-refractivity contribution >= 4 is 0 Å². The summed E-state index contributed by atoms with van der Waals surface area (Å²) in [5.74, 6) is 4.47. The lowest BCUT2D eigenvalue weighted by molar-refractivity contribution is -0.165. The summed E-state index contributed by atoms with van der Waals surface area (Å²) in [5, 5.41) is 20.7. The van der Waals surface area contributed by atoms with Gasteiger partial charge >= 0.3 is 0 Å². The molecule has 2 nitrogen and oxygen atoms in total. The van der Waals surface area contributed by atoms with E-state index < -0.39 is 5.60 Å². The van der Waals surface area contributed by atoms with Crippen LogP contribution in [0.1, 0.15) is 119 Å². The van der Waals surface area contributed by atoms with Crippen molar-refractivity contribution in [3.63, 3.8) is 0 Å². The molecule has 10 atom stereocenters. The van der Waals surface area contributed by atoms with Crippen LogP contribution in [0.5, 0.6) is 0 Å². The number of fused-ring (bicyclic) bond motifs is 5. The highest BCUT2D eigenvalue weighted by atomic mass is 16.3. The van der Waals surface area contributed by atoms with Crippen LogP contribution in [0.3, 0.4) is 0 Å². The van der Waals surface area contributed by atoms with Crippen molar-refractivity contribution in [1.29, 1.82) is 0 Å². The van der Waals surface area contributed by atoms with Crippen molar-refractivity contribution in [2.75, 3.05) is 0 Å². The van der Waals surface area contributed by atoms with Crippen LogP contribution in [0.2, 0.25) is 0 Å². The van der Waals surface area contributed by atoms with Crippen LogP contribution < -0.4 is 0 Å². The average molecular weight is 433 g/mol. The molecule has 0 radical (unpaired) electrons. The molecule has 0 aromatic heterocycles. The first-order valence-electron chi connectivity index (χ1n) is 13.7. The van der Waals surface area contributed by atoms with Gasteiger partial charge in [-0.1, -0.05) is 41.0 Å². The highest BCUT2D eigenvalue weighted by molar-refractivity contribution is 5.14. The fourth-order valence-corrected chi connectivity index (χ4v) is 9.67. The zero-order valence-corrected chi connectivity index (χ0v) is 21.7. The SMILES string of the molecule is C[C@H](CC[C@H](C)C(C)(C)O)[C@H]1CC[C@@]2(C)[C@@H]3CCC4CC(O)CC[C@]4(C)[C@H]3CC[C@]12C.